The van der Waals surface area contributed by atoms with E-state index in [0.29, 0.717) is 13.0 Å². The third-order valence-corrected chi connectivity index (χ3v) is 2.85. The molecule has 0 saturated carbocycles. The molecule has 0 aromatic heterocycles. The molecule has 0 unspecified atom stereocenters. The summed E-state index contributed by atoms with van der Waals surface area (Å²) in [4.78, 5) is 13.6. The highest BCUT2D eigenvalue weighted by atomic mass is 16.5. The van der Waals surface area contributed by atoms with E-state index >= 15 is 0 Å². The largest absolute Gasteiger partial charge is 0.399 e. The first-order valence-electron chi connectivity index (χ1n) is 6.21. The van der Waals surface area contributed by atoms with Crippen LogP contribution in [0.2, 0.25) is 0 Å². The van der Waals surface area contributed by atoms with Gasteiger partial charge in [0, 0.05) is 39.4 Å². The van der Waals surface area contributed by atoms with E-state index in [0.717, 1.165) is 30.6 Å². The summed E-state index contributed by atoms with van der Waals surface area (Å²) in [6.45, 7) is 1.43. The van der Waals surface area contributed by atoms with Crippen LogP contribution in [0.25, 0.3) is 0 Å². The summed E-state index contributed by atoms with van der Waals surface area (Å²) in [6.07, 6.45) is 2.13. The third-order valence-electron chi connectivity index (χ3n) is 2.85. The number of ether oxygens (including phenoxy) is 1. The van der Waals surface area contributed by atoms with Crippen LogP contribution in [0.15, 0.2) is 24.3 Å². The van der Waals surface area contributed by atoms with Gasteiger partial charge in [0.15, 0.2) is 0 Å². The van der Waals surface area contributed by atoms with Crippen molar-refractivity contribution in [2.75, 3.05) is 33.0 Å². The maximum atomic E-state index is 11.8. The Morgan fingerprint density at radius 1 is 1.44 bits per heavy atom. The molecule has 0 spiro atoms. The van der Waals surface area contributed by atoms with Crippen molar-refractivity contribution in [3.8, 4) is 0 Å². The summed E-state index contributed by atoms with van der Waals surface area (Å²) in [5.74, 6) is 0.161. The van der Waals surface area contributed by atoms with Crippen LogP contribution in [-0.2, 0) is 16.0 Å². The molecule has 0 saturated heterocycles. The molecule has 0 radical (unpaired) electrons. The first kappa shape index (κ1) is 14.5. The molecule has 0 bridgehead atoms. The first-order chi connectivity index (χ1) is 8.63. The van der Waals surface area contributed by atoms with Gasteiger partial charge in [0.2, 0.25) is 5.91 Å². The number of hydrogen-bond donors (Lipinski definition) is 1. The molecule has 4 heteroatoms. The summed E-state index contributed by atoms with van der Waals surface area (Å²) >= 11 is 0. The molecular formula is C14H22N2O2. The average Bonchev–Trinajstić information content (AvgIpc) is 2.36. The molecular weight excluding hydrogens is 228 g/mol. The lowest BCUT2D eigenvalue weighted by molar-refractivity contribution is -0.130. The van der Waals surface area contributed by atoms with E-state index in [-0.39, 0.29) is 5.91 Å². The summed E-state index contributed by atoms with van der Waals surface area (Å²) in [7, 11) is 3.50. The van der Waals surface area contributed by atoms with Crippen molar-refractivity contribution in [1.82, 2.24) is 4.90 Å². The number of hydrogen-bond acceptors (Lipinski definition) is 3. The number of rotatable bonds is 7. The molecule has 0 atom stereocenters. The molecule has 0 heterocycles. The van der Waals surface area contributed by atoms with Crippen molar-refractivity contribution in [3.05, 3.63) is 29.8 Å². The van der Waals surface area contributed by atoms with Crippen LogP contribution in [-0.4, -0.2) is 38.1 Å². The van der Waals surface area contributed by atoms with Gasteiger partial charge in [0.1, 0.15) is 0 Å². The van der Waals surface area contributed by atoms with Crippen molar-refractivity contribution >= 4 is 11.6 Å². The molecule has 2 N–H and O–H groups in total. The van der Waals surface area contributed by atoms with Gasteiger partial charge < -0.3 is 15.4 Å². The normalized spacial score (nSPS) is 10.3. The van der Waals surface area contributed by atoms with Gasteiger partial charge in [0.25, 0.3) is 0 Å². The van der Waals surface area contributed by atoms with E-state index in [1.54, 1.807) is 12.0 Å². The zero-order valence-corrected chi connectivity index (χ0v) is 11.2. The molecule has 1 aromatic rings. The predicted molar refractivity (Wildman–Crippen MR) is 73.3 cm³/mol. The average molecular weight is 250 g/mol. The maximum absolute atomic E-state index is 11.8. The van der Waals surface area contributed by atoms with E-state index in [2.05, 4.69) is 0 Å². The van der Waals surface area contributed by atoms with Crippen LogP contribution in [0.1, 0.15) is 18.4 Å². The molecule has 1 amide bonds. The Morgan fingerprint density at radius 2 is 2.22 bits per heavy atom. The lowest BCUT2D eigenvalue weighted by atomic mass is 10.1. The summed E-state index contributed by atoms with van der Waals surface area (Å²) in [6, 6.07) is 7.67. The van der Waals surface area contributed by atoms with E-state index in [4.69, 9.17) is 10.5 Å². The molecule has 100 valence electrons. The van der Waals surface area contributed by atoms with Gasteiger partial charge in [-0.25, -0.2) is 0 Å². The Labute approximate surface area is 109 Å². The van der Waals surface area contributed by atoms with Gasteiger partial charge in [-0.2, -0.15) is 0 Å². The zero-order chi connectivity index (χ0) is 13.4. The maximum Gasteiger partial charge on any atom is 0.222 e. The number of benzene rings is 1. The van der Waals surface area contributed by atoms with Crippen molar-refractivity contribution in [1.29, 1.82) is 0 Å². The number of nitrogen functional groups attached to an aromatic ring is 1. The fourth-order valence-corrected chi connectivity index (χ4v) is 1.76. The summed E-state index contributed by atoms with van der Waals surface area (Å²) < 4.78 is 4.96. The van der Waals surface area contributed by atoms with Crippen molar-refractivity contribution in [2.45, 2.75) is 19.3 Å². The minimum absolute atomic E-state index is 0.161. The number of nitrogens with zero attached hydrogens (tertiary/aromatic N) is 1. The Balaban J connectivity index is 2.32. The number of aryl methyl sites for hydroxylation is 1. The lowest BCUT2D eigenvalue weighted by Crippen LogP contribution is -2.28. The highest BCUT2D eigenvalue weighted by Crippen LogP contribution is 2.09. The van der Waals surface area contributed by atoms with Crippen molar-refractivity contribution in [2.24, 2.45) is 0 Å². The topological polar surface area (TPSA) is 55.6 Å². The zero-order valence-electron chi connectivity index (χ0n) is 11.2. The molecule has 18 heavy (non-hydrogen) atoms. The Hall–Kier alpha value is -1.55. The Kier molecular flexibility index (Phi) is 6.22. The van der Waals surface area contributed by atoms with Crippen LogP contribution in [0, 0.1) is 0 Å². The second-order valence-electron chi connectivity index (χ2n) is 4.41. The van der Waals surface area contributed by atoms with Crippen molar-refractivity contribution < 1.29 is 9.53 Å². The van der Waals surface area contributed by atoms with E-state index < -0.39 is 0 Å². The van der Waals surface area contributed by atoms with E-state index in [9.17, 15) is 4.79 Å². The third kappa shape index (κ3) is 5.19. The quantitative estimate of drug-likeness (QED) is 0.592. The fraction of sp³-hybridized carbons (Fsp3) is 0.500. The van der Waals surface area contributed by atoms with Gasteiger partial charge >= 0.3 is 0 Å². The SMILES string of the molecule is COCCCN(C)C(=O)CCc1cccc(N)c1. The predicted octanol–water partition coefficient (Wildman–Crippen LogP) is 1.70. The molecule has 0 aliphatic heterocycles. The fourth-order valence-electron chi connectivity index (χ4n) is 1.76. The summed E-state index contributed by atoms with van der Waals surface area (Å²) in [5.41, 5.74) is 7.55. The number of amides is 1. The molecule has 0 fully saturated rings. The number of carbonyl (C=O) groups is 1. The highest BCUT2D eigenvalue weighted by Gasteiger charge is 2.08. The smallest absolute Gasteiger partial charge is 0.222 e. The van der Waals surface area contributed by atoms with Crippen LogP contribution < -0.4 is 5.73 Å². The van der Waals surface area contributed by atoms with Crippen LogP contribution >= 0.6 is 0 Å². The van der Waals surface area contributed by atoms with Gasteiger partial charge in [-0.05, 0) is 30.5 Å². The highest BCUT2D eigenvalue weighted by molar-refractivity contribution is 5.76. The minimum atomic E-state index is 0.161. The van der Waals surface area contributed by atoms with Gasteiger partial charge in [-0.1, -0.05) is 12.1 Å². The number of methoxy groups -OCH3 is 1. The van der Waals surface area contributed by atoms with E-state index in [1.165, 1.54) is 0 Å². The molecule has 4 nitrogen and oxygen atoms in total. The number of anilines is 1. The van der Waals surface area contributed by atoms with E-state index in [1.807, 2.05) is 31.3 Å². The van der Waals surface area contributed by atoms with Crippen LogP contribution in [0.5, 0.6) is 0 Å². The Bertz CT molecular complexity index is 380. The Morgan fingerprint density at radius 3 is 2.89 bits per heavy atom. The van der Waals surface area contributed by atoms with Crippen LogP contribution in [0.4, 0.5) is 5.69 Å². The van der Waals surface area contributed by atoms with Gasteiger partial charge in [-0.15, -0.1) is 0 Å². The first-order valence-corrected chi connectivity index (χ1v) is 6.21. The second-order valence-corrected chi connectivity index (χ2v) is 4.41. The molecule has 1 aromatic carbocycles. The molecule has 1 rings (SSSR count). The molecule has 0 aliphatic carbocycles. The number of carbonyl (C=O) groups excluding carboxylic acids is 1. The summed E-state index contributed by atoms with van der Waals surface area (Å²) in [5, 5.41) is 0. The van der Waals surface area contributed by atoms with Gasteiger partial charge in [0.05, 0.1) is 0 Å². The number of nitrogens with two attached hydrogens (primary N) is 1. The van der Waals surface area contributed by atoms with Crippen LogP contribution in [0.3, 0.4) is 0 Å². The molecule has 0 aliphatic rings. The van der Waals surface area contributed by atoms with Crippen molar-refractivity contribution in [3.63, 3.8) is 0 Å². The lowest BCUT2D eigenvalue weighted by Gasteiger charge is -2.16. The second kappa shape index (κ2) is 7.71. The van der Waals surface area contributed by atoms with Gasteiger partial charge in [-0.3, -0.25) is 4.79 Å². The monoisotopic (exact) mass is 250 g/mol. The minimum Gasteiger partial charge on any atom is -0.399 e. The standard InChI is InChI=1S/C14H22N2O2/c1-16(9-4-10-18-2)14(17)8-7-12-5-3-6-13(15)11-12/h3,5-6,11H,4,7-10,15H2,1-2H3.